The Morgan fingerprint density at radius 3 is 2.47 bits per heavy atom. The second-order valence-electron chi connectivity index (χ2n) is 3.92. The van der Waals surface area contributed by atoms with Crippen molar-refractivity contribution in [3.8, 4) is 0 Å². The highest BCUT2D eigenvalue weighted by atomic mass is 79.9. The van der Waals surface area contributed by atoms with Crippen LogP contribution in [-0.4, -0.2) is 5.97 Å². The van der Waals surface area contributed by atoms with Crippen molar-refractivity contribution >= 4 is 21.9 Å². The Morgan fingerprint density at radius 1 is 1.00 bits per heavy atom. The van der Waals surface area contributed by atoms with E-state index in [0.717, 1.165) is 15.6 Å². The van der Waals surface area contributed by atoms with Crippen molar-refractivity contribution in [2.45, 2.75) is 6.10 Å². The van der Waals surface area contributed by atoms with Gasteiger partial charge in [-0.15, -0.1) is 0 Å². The van der Waals surface area contributed by atoms with Crippen LogP contribution in [0.2, 0.25) is 0 Å². The van der Waals surface area contributed by atoms with Gasteiger partial charge in [-0.25, -0.2) is 4.79 Å². The molecule has 2 nitrogen and oxygen atoms in total. The summed E-state index contributed by atoms with van der Waals surface area (Å²) in [6.07, 6.45) is -0.271. The molecule has 2 aromatic rings. The predicted octanol–water partition coefficient (Wildman–Crippen LogP) is 3.71. The Labute approximate surface area is 107 Å². The minimum Gasteiger partial charge on any atom is -0.449 e. The lowest BCUT2D eigenvalue weighted by Gasteiger charge is -2.10. The van der Waals surface area contributed by atoms with E-state index in [1.807, 2.05) is 42.5 Å². The zero-order valence-electron chi connectivity index (χ0n) is 8.89. The largest absolute Gasteiger partial charge is 0.449 e. The maximum Gasteiger partial charge on any atom is 0.339 e. The third kappa shape index (κ3) is 1.76. The highest BCUT2D eigenvalue weighted by Gasteiger charge is 2.31. The molecule has 0 saturated heterocycles. The first kappa shape index (κ1) is 10.5. The van der Waals surface area contributed by atoms with Gasteiger partial charge in [-0.1, -0.05) is 46.3 Å². The minimum absolute atomic E-state index is 0.242. The fourth-order valence-electron chi connectivity index (χ4n) is 2.03. The van der Waals surface area contributed by atoms with E-state index in [0.29, 0.717) is 5.56 Å². The topological polar surface area (TPSA) is 26.3 Å². The second-order valence-corrected chi connectivity index (χ2v) is 4.84. The van der Waals surface area contributed by atoms with Crippen LogP contribution in [0, 0.1) is 0 Å². The molecule has 0 spiro atoms. The van der Waals surface area contributed by atoms with Gasteiger partial charge in [0, 0.05) is 10.0 Å². The van der Waals surface area contributed by atoms with Gasteiger partial charge >= 0.3 is 5.97 Å². The monoisotopic (exact) mass is 288 g/mol. The van der Waals surface area contributed by atoms with Crippen LogP contribution in [0.15, 0.2) is 53.0 Å². The van der Waals surface area contributed by atoms with Gasteiger partial charge in [-0.3, -0.25) is 0 Å². The summed E-state index contributed by atoms with van der Waals surface area (Å²) in [7, 11) is 0. The van der Waals surface area contributed by atoms with Crippen molar-refractivity contribution in [1.29, 1.82) is 0 Å². The molecule has 0 saturated carbocycles. The Morgan fingerprint density at radius 2 is 1.71 bits per heavy atom. The van der Waals surface area contributed by atoms with Crippen LogP contribution in [0.25, 0.3) is 0 Å². The molecule has 0 bridgehead atoms. The van der Waals surface area contributed by atoms with Crippen LogP contribution in [0.5, 0.6) is 0 Å². The summed E-state index contributed by atoms with van der Waals surface area (Å²) in [6, 6.07) is 15.3. The lowest BCUT2D eigenvalue weighted by molar-refractivity contribution is 0.0456. The Hall–Kier alpha value is -1.61. The number of cyclic esters (lactones) is 1. The van der Waals surface area contributed by atoms with Crippen molar-refractivity contribution < 1.29 is 9.53 Å². The summed E-state index contributed by atoms with van der Waals surface area (Å²) in [4.78, 5) is 11.7. The molecule has 0 radical (unpaired) electrons. The van der Waals surface area contributed by atoms with Gasteiger partial charge in [0.25, 0.3) is 0 Å². The standard InChI is InChI=1S/C14H9BrO2/c15-10-7-5-9(6-8-10)13-11-3-1-2-4-12(11)14(16)17-13/h1-8,13H/t13-/m0/s1. The summed E-state index contributed by atoms with van der Waals surface area (Å²) >= 11 is 3.39. The molecular weight excluding hydrogens is 280 g/mol. The number of fused-ring (bicyclic) bond motifs is 1. The van der Waals surface area contributed by atoms with E-state index in [1.165, 1.54) is 0 Å². The van der Waals surface area contributed by atoms with E-state index in [-0.39, 0.29) is 12.1 Å². The van der Waals surface area contributed by atoms with Gasteiger partial charge in [0.2, 0.25) is 0 Å². The number of hydrogen-bond donors (Lipinski definition) is 0. The number of rotatable bonds is 1. The fourth-order valence-corrected chi connectivity index (χ4v) is 2.30. The molecule has 0 aliphatic carbocycles. The van der Waals surface area contributed by atoms with Crippen molar-refractivity contribution in [3.05, 3.63) is 69.7 Å². The van der Waals surface area contributed by atoms with E-state index < -0.39 is 0 Å². The molecule has 3 rings (SSSR count). The number of carbonyl (C=O) groups is 1. The van der Waals surface area contributed by atoms with Gasteiger partial charge in [-0.05, 0) is 23.8 Å². The smallest absolute Gasteiger partial charge is 0.339 e. The average molecular weight is 289 g/mol. The maximum absolute atomic E-state index is 11.7. The first-order chi connectivity index (χ1) is 8.25. The summed E-state index contributed by atoms with van der Waals surface area (Å²) < 4.78 is 6.42. The second kappa shape index (κ2) is 4.00. The van der Waals surface area contributed by atoms with Crippen LogP contribution < -0.4 is 0 Å². The molecule has 2 aromatic carbocycles. The van der Waals surface area contributed by atoms with Crippen LogP contribution in [0.4, 0.5) is 0 Å². The van der Waals surface area contributed by atoms with E-state index in [4.69, 9.17) is 4.74 Å². The van der Waals surface area contributed by atoms with Crippen molar-refractivity contribution in [3.63, 3.8) is 0 Å². The lowest BCUT2D eigenvalue weighted by Crippen LogP contribution is -2.00. The summed E-state index contributed by atoms with van der Waals surface area (Å²) in [5, 5.41) is 0. The van der Waals surface area contributed by atoms with E-state index in [2.05, 4.69) is 15.9 Å². The third-order valence-corrected chi connectivity index (χ3v) is 3.39. The summed E-state index contributed by atoms with van der Waals surface area (Å²) in [5.41, 5.74) is 2.60. The van der Waals surface area contributed by atoms with Gasteiger partial charge in [0.15, 0.2) is 6.10 Å². The predicted molar refractivity (Wildman–Crippen MR) is 67.8 cm³/mol. The minimum atomic E-state index is -0.271. The van der Waals surface area contributed by atoms with Gasteiger partial charge in [0.05, 0.1) is 5.56 Å². The van der Waals surface area contributed by atoms with Crippen LogP contribution in [0.3, 0.4) is 0 Å². The molecular formula is C14H9BrO2. The Kier molecular flexibility index (Phi) is 2.48. The first-order valence-corrected chi connectivity index (χ1v) is 6.10. The lowest BCUT2D eigenvalue weighted by atomic mass is 9.99. The molecule has 0 amide bonds. The van der Waals surface area contributed by atoms with E-state index in [9.17, 15) is 4.79 Å². The Balaban J connectivity index is 2.07. The number of esters is 1. The molecule has 1 atom stereocenters. The van der Waals surface area contributed by atoms with Crippen LogP contribution in [0.1, 0.15) is 27.6 Å². The molecule has 1 aliphatic rings. The number of carbonyl (C=O) groups excluding carboxylic acids is 1. The molecule has 0 fully saturated rings. The molecule has 1 aliphatic heterocycles. The highest BCUT2D eigenvalue weighted by Crippen LogP contribution is 2.35. The molecule has 3 heteroatoms. The number of ether oxygens (including phenoxy) is 1. The van der Waals surface area contributed by atoms with Crippen molar-refractivity contribution in [2.75, 3.05) is 0 Å². The molecule has 0 N–H and O–H groups in total. The highest BCUT2D eigenvalue weighted by molar-refractivity contribution is 9.10. The zero-order chi connectivity index (χ0) is 11.8. The first-order valence-electron chi connectivity index (χ1n) is 5.31. The average Bonchev–Trinajstić information content (AvgIpc) is 2.69. The molecule has 1 heterocycles. The van der Waals surface area contributed by atoms with Crippen LogP contribution >= 0.6 is 15.9 Å². The normalized spacial score (nSPS) is 17.7. The summed E-state index contributed by atoms with van der Waals surface area (Å²) in [5.74, 6) is -0.242. The molecule has 0 aromatic heterocycles. The van der Waals surface area contributed by atoms with Crippen molar-refractivity contribution in [1.82, 2.24) is 0 Å². The fraction of sp³-hybridized carbons (Fsp3) is 0.0714. The maximum atomic E-state index is 11.7. The van der Waals surface area contributed by atoms with Gasteiger partial charge in [0.1, 0.15) is 0 Å². The zero-order valence-corrected chi connectivity index (χ0v) is 10.5. The van der Waals surface area contributed by atoms with Gasteiger partial charge in [-0.2, -0.15) is 0 Å². The number of halogens is 1. The third-order valence-electron chi connectivity index (χ3n) is 2.86. The Bertz CT molecular complexity index is 575. The quantitative estimate of drug-likeness (QED) is 0.748. The van der Waals surface area contributed by atoms with E-state index >= 15 is 0 Å². The SMILES string of the molecule is O=C1O[C@@H](c2ccc(Br)cc2)c2ccccc21. The van der Waals surface area contributed by atoms with E-state index in [1.54, 1.807) is 6.07 Å². The van der Waals surface area contributed by atoms with Crippen LogP contribution in [-0.2, 0) is 4.74 Å². The van der Waals surface area contributed by atoms with Gasteiger partial charge < -0.3 is 4.74 Å². The molecule has 84 valence electrons. The molecule has 0 unspecified atom stereocenters. The summed E-state index contributed by atoms with van der Waals surface area (Å²) in [6.45, 7) is 0. The molecule has 17 heavy (non-hydrogen) atoms. The number of hydrogen-bond acceptors (Lipinski definition) is 2. The van der Waals surface area contributed by atoms with Crippen molar-refractivity contribution in [2.24, 2.45) is 0 Å². The number of benzene rings is 2.